The Labute approximate surface area is 231 Å². The highest BCUT2D eigenvalue weighted by molar-refractivity contribution is 5.54. The average molecular weight is 596 g/mol. The Hall–Kier alpha value is -1.71. The number of nitrogens with two attached hydrogens (primary N) is 2. The number of benzene rings is 2. The summed E-state index contributed by atoms with van der Waals surface area (Å²) >= 11 is 0. The minimum Gasteiger partial charge on any atom is -1.00 e. The zero-order chi connectivity index (χ0) is 24.9. The van der Waals surface area contributed by atoms with Gasteiger partial charge in [0, 0.05) is 48.7 Å². The third-order valence-electron chi connectivity index (χ3n) is 8.45. The van der Waals surface area contributed by atoms with Crippen LogP contribution in [-0.2, 0) is 0 Å². The Morgan fingerprint density at radius 1 is 0.657 bits per heavy atom. The van der Waals surface area contributed by atoms with E-state index >= 15 is 0 Å². The van der Waals surface area contributed by atoms with E-state index in [1.54, 1.807) is 0 Å². The molecule has 4 rings (SSSR count). The van der Waals surface area contributed by atoms with Crippen LogP contribution in [0, 0.1) is 0 Å². The van der Waals surface area contributed by atoms with Gasteiger partial charge in [0.1, 0.15) is 12.1 Å². The van der Waals surface area contributed by atoms with Gasteiger partial charge in [0.25, 0.3) is 0 Å². The van der Waals surface area contributed by atoms with Gasteiger partial charge in [-0.05, 0) is 62.4 Å². The molecule has 2 unspecified atom stereocenters. The van der Waals surface area contributed by atoms with E-state index in [2.05, 4.69) is 76.1 Å². The summed E-state index contributed by atoms with van der Waals surface area (Å²) in [6, 6.07) is 18.0. The lowest BCUT2D eigenvalue weighted by Crippen LogP contribution is -3.00. The van der Waals surface area contributed by atoms with Crippen molar-refractivity contribution in [2.45, 2.75) is 38.8 Å². The Kier molecular flexibility index (Phi) is 10.5. The fourth-order valence-corrected chi connectivity index (χ4v) is 4.98. The molecule has 0 amide bonds. The lowest BCUT2D eigenvalue weighted by molar-refractivity contribution is -0.910. The summed E-state index contributed by atoms with van der Waals surface area (Å²) in [5, 5.41) is 0. The number of quaternary nitrogens is 2. The predicted octanol–water partition coefficient (Wildman–Crippen LogP) is 0.892. The van der Waals surface area contributed by atoms with Crippen molar-refractivity contribution in [2.24, 2.45) is 0 Å². The monoisotopic (exact) mass is 595 g/mol. The van der Waals surface area contributed by atoms with Crippen LogP contribution in [-0.4, -0.2) is 88.5 Å². The van der Waals surface area contributed by atoms with Gasteiger partial charge in [-0.2, -0.15) is 0 Å². The summed E-state index contributed by atoms with van der Waals surface area (Å²) < 4.78 is 2.23. The van der Waals surface area contributed by atoms with E-state index in [1.165, 1.54) is 37.3 Å². The SMILES string of the molecule is CC[N+](C)(C)C1CCN(c2ccc(N)cc2)C1.CC[N+](C)(C)C1CCN(c2ccc(N)cc2)C1.[I-]. The maximum absolute atomic E-state index is 5.72. The average Bonchev–Trinajstić information content (AvgIpc) is 3.52. The second-order valence-corrected chi connectivity index (χ2v) is 11.1. The lowest BCUT2D eigenvalue weighted by Gasteiger charge is -2.35. The van der Waals surface area contributed by atoms with Gasteiger partial charge in [-0.3, -0.25) is 0 Å². The first kappa shape index (κ1) is 29.5. The molecule has 0 saturated carbocycles. The molecule has 0 radical (unpaired) electrons. The van der Waals surface area contributed by atoms with Crippen molar-refractivity contribution in [1.29, 1.82) is 0 Å². The predicted molar refractivity (Wildman–Crippen MR) is 148 cm³/mol. The molecule has 4 N–H and O–H groups in total. The largest absolute Gasteiger partial charge is 1.00 e. The van der Waals surface area contributed by atoms with Crippen molar-refractivity contribution in [3.63, 3.8) is 0 Å². The molecular weight excluding hydrogens is 547 g/mol. The van der Waals surface area contributed by atoms with E-state index in [1.807, 2.05) is 24.3 Å². The van der Waals surface area contributed by atoms with Crippen molar-refractivity contribution in [1.82, 2.24) is 0 Å². The Morgan fingerprint density at radius 2 is 0.971 bits per heavy atom. The molecule has 35 heavy (non-hydrogen) atoms. The number of hydrogen-bond acceptors (Lipinski definition) is 4. The number of halogens is 1. The van der Waals surface area contributed by atoms with Crippen LogP contribution in [0.5, 0.6) is 0 Å². The molecule has 0 aliphatic carbocycles. The highest BCUT2D eigenvalue weighted by atomic mass is 127. The maximum Gasteiger partial charge on any atom is 0.108 e. The molecule has 0 spiro atoms. The molecule has 0 bridgehead atoms. The summed E-state index contributed by atoms with van der Waals surface area (Å²) in [5.74, 6) is 0. The maximum atomic E-state index is 5.72. The van der Waals surface area contributed by atoms with Crippen LogP contribution in [0.3, 0.4) is 0 Å². The van der Waals surface area contributed by atoms with Crippen LogP contribution in [0.2, 0.25) is 0 Å². The molecule has 2 atom stereocenters. The third kappa shape index (κ3) is 7.64. The van der Waals surface area contributed by atoms with Crippen LogP contribution >= 0.6 is 0 Å². The van der Waals surface area contributed by atoms with Crippen molar-refractivity contribution in [2.75, 3.05) is 88.7 Å². The van der Waals surface area contributed by atoms with Crippen molar-refractivity contribution < 1.29 is 32.9 Å². The number of nitrogen functional groups attached to an aromatic ring is 2. The van der Waals surface area contributed by atoms with Gasteiger partial charge in [0.05, 0.1) is 54.4 Å². The van der Waals surface area contributed by atoms with Crippen LogP contribution in [0.15, 0.2) is 48.5 Å². The van der Waals surface area contributed by atoms with Crippen LogP contribution in [0.25, 0.3) is 0 Å². The molecule has 7 heteroatoms. The molecule has 2 fully saturated rings. The lowest BCUT2D eigenvalue weighted by atomic mass is 10.2. The summed E-state index contributed by atoms with van der Waals surface area (Å²) in [6.07, 6.45) is 2.57. The second-order valence-electron chi connectivity index (χ2n) is 11.1. The van der Waals surface area contributed by atoms with Crippen LogP contribution in [0.4, 0.5) is 22.7 Å². The summed E-state index contributed by atoms with van der Waals surface area (Å²) in [4.78, 5) is 4.94. The van der Waals surface area contributed by atoms with Gasteiger partial charge in [0.15, 0.2) is 0 Å². The summed E-state index contributed by atoms with van der Waals surface area (Å²) in [5.41, 5.74) is 15.7. The van der Waals surface area contributed by atoms with E-state index in [-0.39, 0.29) is 24.0 Å². The topological polar surface area (TPSA) is 58.5 Å². The number of nitrogens with zero attached hydrogens (tertiary/aromatic N) is 4. The van der Waals surface area contributed by atoms with Gasteiger partial charge in [-0.25, -0.2) is 0 Å². The zero-order valence-electron chi connectivity index (χ0n) is 22.8. The fourth-order valence-electron chi connectivity index (χ4n) is 4.98. The van der Waals surface area contributed by atoms with Crippen molar-refractivity contribution in [3.8, 4) is 0 Å². The first-order chi connectivity index (χ1) is 16.1. The normalized spacial score (nSPS) is 20.3. The zero-order valence-corrected chi connectivity index (χ0v) is 24.9. The van der Waals surface area contributed by atoms with Crippen molar-refractivity contribution in [3.05, 3.63) is 48.5 Å². The Morgan fingerprint density at radius 3 is 1.26 bits per heavy atom. The molecule has 0 aromatic heterocycles. The minimum absolute atomic E-state index is 0. The smallest absolute Gasteiger partial charge is 0.108 e. The van der Waals surface area contributed by atoms with Gasteiger partial charge in [-0.15, -0.1) is 0 Å². The van der Waals surface area contributed by atoms with Gasteiger partial charge in [0.2, 0.25) is 0 Å². The molecular formula is C28H48IN6+. The molecule has 2 heterocycles. The van der Waals surface area contributed by atoms with Crippen LogP contribution in [0.1, 0.15) is 26.7 Å². The Bertz CT molecular complexity index is 821. The summed E-state index contributed by atoms with van der Waals surface area (Å²) in [6.45, 7) is 11.6. The Balaban J connectivity index is 0.000000240. The number of likely N-dealkylation sites (N-methyl/N-ethyl adjacent to an activating group) is 2. The first-order valence-corrected chi connectivity index (χ1v) is 12.9. The fraction of sp³-hybridized carbons (Fsp3) is 0.571. The van der Waals surface area contributed by atoms with Crippen molar-refractivity contribution >= 4 is 22.7 Å². The van der Waals surface area contributed by atoms with Crippen LogP contribution < -0.4 is 45.2 Å². The quantitative estimate of drug-likeness (QED) is 0.296. The molecule has 2 aromatic carbocycles. The number of anilines is 4. The highest BCUT2D eigenvalue weighted by Gasteiger charge is 2.34. The van der Waals surface area contributed by atoms with Gasteiger partial charge in [-0.1, -0.05) is 0 Å². The van der Waals surface area contributed by atoms with Gasteiger partial charge < -0.3 is 54.2 Å². The van der Waals surface area contributed by atoms with E-state index < -0.39 is 0 Å². The standard InChI is InChI=1S/2C14H24N3.HI/c2*1-4-17(2,3)14-9-10-16(11-14)13-7-5-12(15)6-8-13;/h2*5-8,14H,4,9-11,15H2,1-3H3;1H/q2*+1;/p-1. The van der Waals surface area contributed by atoms with E-state index in [4.69, 9.17) is 11.5 Å². The second kappa shape index (κ2) is 12.5. The van der Waals surface area contributed by atoms with E-state index in [0.717, 1.165) is 58.6 Å². The van der Waals surface area contributed by atoms with E-state index in [9.17, 15) is 0 Å². The highest BCUT2D eigenvalue weighted by Crippen LogP contribution is 2.27. The summed E-state index contributed by atoms with van der Waals surface area (Å²) in [7, 11) is 9.32. The molecule has 2 aliphatic rings. The third-order valence-corrected chi connectivity index (χ3v) is 8.45. The minimum atomic E-state index is 0. The first-order valence-electron chi connectivity index (χ1n) is 12.9. The molecule has 2 saturated heterocycles. The number of hydrogen-bond donors (Lipinski definition) is 2. The molecule has 2 aliphatic heterocycles. The van der Waals surface area contributed by atoms with E-state index in [0.29, 0.717) is 0 Å². The van der Waals surface area contributed by atoms with Gasteiger partial charge >= 0.3 is 0 Å². The molecule has 6 nitrogen and oxygen atoms in total. The number of rotatable bonds is 6. The molecule has 196 valence electrons. The molecule has 2 aromatic rings.